The number of imidazole rings is 1. The van der Waals surface area contributed by atoms with Crippen molar-refractivity contribution >= 4 is 23.0 Å². The van der Waals surface area contributed by atoms with E-state index in [4.69, 9.17) is 0 Å². The van der Waals surface area contributed by atoms with Crippen LogP contribution in [-0.4, -0.2) is 47.1 Å². The predicted molar refractivity (Wildman–Crippen MR) is 135 cm³/mol. The molecule has 3 N–H and O–H groups in total. The molecule has 3 heterocycles. The van der Waals surface area contributed by atoms with E-state index in [9.17, 15) is 24.3 Å². The maximum absolute atomic E-state index is 13.0. The lowest BCUT2D eigenvalue weighted by Gasteiger charge is -2.14. The number of carbonyl (C=O) groups is 2. The number of fused-ring (bicyclic) bond motifs is 1. The largest absolute Gasteiger partial charge is 0.480 e. The summed E-state index contributed by atoms with van der Waals surface area (Å²) in [4.78, 5) is 62.1. The van der Waals surface area contributed by atoms with Crippen molar-refractivity contribution in [2.24, 2.45) is 0 Å². The molecule has 1 amide bonds. The molecule has 190 valence electrons. The van der Waals surface area contributed by atoms with Gasteiger partial charge in [0.25, 0.3) is 11.5 Å². The van der Waals surface area contributed by atoms with Gasteiger partial charge in [-0.25, -0.2) is 14.6 Å². The van der Waals surface area contributed by atoms with Crippen molar-refractivity contribution in [1.82, 2.24) is 29.4 Å². The Balaban J connectivity index is 1.41. The summed E-state index contributed by atoms with van der Waals surface area (Å²) in [6, 6.07) is 10.9. The summed E-state index contributed by atoms with van der Waals surface area (Å²) in [6.45, 7) is 2.37. The molecule has 4 aromatic rings. The predicted octanol–water partition coefficient (Wildman–Crippen LogP) is 2.12. The SMILES string of the molecule is CCCn1c(=O)n(C2CC2)c(=O)c2[nH]c(-c3ccc(C(=O)NC(Cc4ccccc4)C(=O)O)nc3)nc21. The number of aliphatic carboxylic acids is 1. The lowest BCUT2D eigenvalue weighted by molar-refractivity contribution is -0.139. The van der Waals surface area contributed by atoms with E-state index in [2.05, 4.69) is 20.3 Å². The number of carboxylic acids is 1. The number of benzene rings is 1. The molecule has 0 aliphatic heterocycles. The second-order valence-corrected chi connectivity index (χ2v) is 9.11. The summed E-state index contributed by atoms with van der Waals surface area (Å²) >= 11 is 0. The Morgan fingerprint density at radius 1 is 1.16 bits per heavy atom. The average molecular weight is 503 g/mol. The molecule has 1 atom stereocenters. The van der Waals surface area contributed by atoms with Gasteiger partial charge in [-0.15, -0.1) is 0 Å². The summed E-state index contributed by atoms with van der Waals surface area (Å²) in [6.07, 6.45) is 3.86. The molecular formula is C26H26N6O5. The third-order valence-electron chi connectivity index (χ3n) is 6.32. The molecule has 5 rings (SSSR count). The number of carboxylic acid groups (broad SMARTS) is 1. The molecule has 0 spiro atoms. The first kappa shape index (κ1) is 24.2. The highest BCUT2D eigenvalue weighted by Crippen LogP contribution is 2.32. The Morgan fingerprint density at radius 3 is 2.54 bits per heavy atom. The van der Waals surface area contributed by atoms with Gasteiger partial charge in [-0.2, -0.15) is 0 Å². The lowest BCUT2D eigenvalue weighted by atomic mass is 10.1. The van der Waals surface area contributed by atoms with Crippen LogP contribution in [0.1, 0.15) is 48.3 Å². The summed E-state index contributed by atoms with van der Waals surface area (Å²) in [5.41, 5.74) is 1.13. The maximum atomic E-state index is 13.0. The van der Waals surface area contributed by atoms with E-state index < -0.39 is 23.5 Å². The van der Waals surface area contributed by atoms with Gasteiger partial charge in [0.05, 0.1) is 0 Å². The molecule has 0 saturated heterocycles. The zero-order chi connectivity index (χ0) is 26.1. The minimum Gasteiger partial charge on any atom is -0.480 e. The highest BCUT2D eigenvalue weighted by atomic mass is 16.4. The van der Waals surface area contributed by atoms with Crippen molar-refractivity contribution in [1.29, 1.82) is 0 Å². The van der Waals surface area contributed by atoms with Crippen LogP contribution in [0, 0.1) is 0 Å². The molecule has 11 heteroatoms. The monoisotopic (exact) mass is 502 g/mol. The van der Waals surface area contributed by atoms with Crippen molar-refractivity contribution in [3.63, 3.8) is 0 Å². The number of amides is 1. The quantitative estimate of drug-likeness (QED) is 0.317. The lowest BCUT2D eigenvalue weighted by Crippen LogP contribution is -2.42. The van der Waals surface area contributed by atoms with E-state index in [0.29, 0.717) is 24.4 Å². The Labute approximate surface area is 210 Å². The number of carbonyl (C=O) groups excluding carboxylic acids is 1. The number of pyridine rings is 1. The topological polar surface area (TPSA) is 152 Å². The van der Waals surface area contributed by atoms with Gasteiger partial charge in [-0.1, -0.05) is 37.3 Å². The molecule has 1 aliphatic carbocycles. The van der Waals surface area contributed by atoms with Crippen LogP contribution in [0.3, 0.4) is 0 Å². The molecule has 37 heavy (non-hydrogen) atoms. The zero-order valence-electron chi connectivity index (χ0n) is 20.2. The zero-order valence-corrected chi connectivity index (χ0v) is 20.2. The van der Waals surface area contributed by atoms with Crippen molar-refractivity contribution in [3.8, 4) is 11.4 Å². The molecule has 1 unspecified atom stereocenters. The van der Waals surface area contributed by atoms with E-state index in [0.717, 1.165) is 18.4 Å². The number of aryl methyl sites for hydroxylation is 1. The van der Waals surface area contributed by atoms with Gasteiger partial charge >= 0.3 is 11.7 Å². The van der Waals surface area contributed by atoms with E-state index in [1.807, 2.05) is 13.0 Å². The van der Waals surface area contributed by atoms with E-state index >= 15 is 0 Å². The number of nitrogens with zero attached hydrogens (tertiary/aromatic N) is 4. The van der Waals surface area contributed by atoms with Crippen molar-refractivity contribution in [2.45, 2.75) is 51.2 Å². The normalized spacial score (nSPS) is 14.0. The van der Waals surface area contributed by atoms with Gasteiger partial charge < -0.3 is 15.4 Å². The van der Waals surface area contributed by atoms with Crippen LogP contribution in [0.25, 0.3) is 22.6 Å². The van der Waals surface area contributed by atoms with Crippen LogP contribution in [0.4, 0.5) is 0 Å². The van der Waals surface area contributed by atoms with Crippen LogP contribution < -0.4 is 16.6 Å². The molecule has 0 bridgehead atoms. The average Bonchev–Trinajstić information content (AvgIpc) is 3.63. The first-order valence-corrected chi connectivity index (χ1v) is 12.2. The second-order valence-electron chi connectivity index (χ2n) is 9.11. The van der Waals surface area contributed by atoms with Crippen LogP contribution >= 0.6 is 0 Å². The summed E-state index contributed by atoms with van der Waals surface area (Å²) < 4.78 is 2.82. The van der Waals surface area contributed by atoms with Gasteiger partial charge in [0.15, 0.2) is 5.65 Å². The fraction of sp³-hybridized carbons (Fsp3) is 0.308. The van der Waals surface area contributed by atoms with Crippen molar-refractivity contribution < 1.29 is 14.7 Å². The Kier molecular flexibility index (Phi) is 6.43. The molecule has 1 fully saturated rings. The van der Waals surface area contributed by atoms with Gasteiger partial charge in [-0.05, 0) is 37.0 Å². The maximum Gasteiger partial charge on any atom is 0.333 e. The Morgan fingerprint density at radius 2 is 1.92 bits per heavy atom. The minimum absolute atomic E-state index is 0.0400. The van der Waals surface area contributed by atoms with Crippen LogP contribution in [-0.2, 0) is 17.8 Å². The van der Waals surface area contributed by atoms with Crippen LogP contribution in [0.15, 0.2) is 58.3 Å². The van der Waals surface area contributed by atoms with E-state index in [1.54, 1.807) is 30.3 Å². The number of aromatic amines is 1. The van der Waals surface area contributed by atoms with Crippen molar-refractivity contribution in [2.75, 3.05) is 0 Å². The number of H-pyrrole nitrogens is 1. The number of rotatable bonds is 9. The minimum atomic E-state index is -1.15. The first-order valence-electron chi connectivity index (χ1n) is 12.2. The summed E-state index contributed by atoms with van der Waals surface area (Å²) in [5, 5.41) is 12.1. The smallest absolute Gasteiger partial charge is 0.333 e. The number of aromatic nitrogens is 5. The fourth-order valence-electron chi connectivity index (χ4n) is 4.30. The molecule has 3 aromatic heterocycles. The summed E-state index contributed by atoms with van der Waals surface area (Å²) in [5.74, 6) is -1.42. The standard InChI is InChI=1S/C26H26N6O5/c1-2-12-31-22-20(24(34)32(26(31)37)17-9-10-17)29-21(30-22)16-8-11-18(27-14-16)23(33)28-19(25(35)36)13-15-6-4-3-5-7-15/h3-8,11,14,17,19H,2,9-10,12-13H2,1H3,(H,28,33)(H,29,30)(H,35,36). The number of nitrogens with one attached hydrogen (secondary N) is 2. The van der Waals surface area contributed by atoms with E-state index in [-0.39, 0.29) is 35.0 Å². The third kappa shape index (κ3) is 4.80. The first-order chi connectivity index (χ1) is 17.9. The molecule has 1 aliphatic rings. The number of hydrogen-bond acceptors (Lipinski definition) is 6. The molecular weight excluding hydrogens is 476 g/mol. The van der Waals surface area contributed by atoms with Crippen LogP contribution in [0.2, 0.25) is 0 Å². The van der Waals surface area contributed by atoms with Crippen LogP contribution in [0.5, 0.6) is 0 Å². The fourth-order valence-corrected chi connectivity index (χ4v) is 4.30. The third-order valence-corrected chi connectivity index (χ3v) is 6.32. The van der Waals surface area contributed by atoms with Gasteiger partial charge in [0, 0.05) is 30.8 Å². The van der Waals surface area contributed by atoms with Gasteiger partial charge in [0.1, 0.15) is 23.1 Å². The molecule has 1 saturated carbocycles. The molecule has 1 aromatic carbocycles. The number of hydrogen-bond donors (Lipinski definition) is 3. The molecule has 11 nitrogen and oxygen atoms in total. The van der Waals surface area contributed by atoms with Crippen molar-refractivity contribution in [3.05, 3.63) is 80.8 Å². The van der Waals surface area contributed by atoms with E-state index in [1.165, 1.54) is 21.4 Å². The molecule has 0 radical (unpaired) electrons. The van der Waals surface area contributed by atoms with Gasteiger partial charge in [-0.3, -0.25) is 23.7 Å². The Hall–Kier alpha value is -4.54. The second kappa shape index (κ2) is 9.84. The van der Waals surface area contributed by atoms with Gasteiger partial charge in [0.2, 0.25) is 0 Å². The highest BCUT2D eigenvalue weighted by molar-refractivity contribution is 5.95. The highest BCUT2D eigenvalue weighted by Gasteiger charge is 2.30. The summed E-state index contributed by atoms with van der Waals surface area (Å²) in [7, 11) is 0. The Bertz CT molecular complexity index is 1580.